The van der Waals surface area contributed by atoms with Crippen LogP contribution >= 0.6 is 11.6 Å². The van der Waals surface area contributed by atoms with Crippen molar-refractivity contribution in [3.63, 3.8) is 0 Å². The Hall–Kier alpha value is -2.67. The first-order valence-electron chi connectivity index (χ1n) is 6.43. The minimum Gasteiger partial charge on any atom is -0.476 e. The fourth-order valence-electron chi connectivity index (χ4n) is 2.06. The van der Waals surface area contributed by atoms with E-state index in [4.69, 9.17) is 16.7 Å². The van der Waals surface area contributed by atoms with Gasteiger partial charge in [-0.05, 0) is 18.2 Å². The summed E-state index contributed by atoms with van der Waals surface area (Å²) in [6, 6.07) is 5.42. The van der Waals surface area contributed by atoms with E-state index < -0.39 is 5.97 Å². The van der Waals surface area contributed by atoms with Crippen molar-refractivity contribution in [3.8, 4) is 0 Å². The standard InChI is InChI=1S/C14H12ClN5O2/c1-20(13-6-16-5-11(19-13)14(21)22)7-12-17-9-3-2-8(15)4-10(9)18-12/h2-6H,7H2,1H3,(H,17,18)(H,21,22). The molecule has 0 aliphatic rings. The number of benzene rings is 1. The molecule has 0 radical (unpaired) electrons. The normalized spacial score (nSPS) is 10.8. The van der Waals surface area contributed by atoms with Crippen molar-refractivity contribution in [1.29, 1.82) is 0 Å². The third-order valence-electron chi connectivity index (χ3n) is 3.11. The number of carboxylic acids is 1. The molecule has 0 unspecified atom stereocenters. The van der Waals surface area contributed by atoms with Gasteiger partial charge in [-0.2, -0.15) is 0 Å². The number of hydrogen-bond acceptors (Lipinski definition) is 5. The van der Waals surface area contributed by atoms with Gasteiger partial charge >= 0.3 is 5.97 Å². The zero-order valence-electron chi connectivity index (χ0n) is 11.6. The molecule has 0 fully saturated rings. The van der Waals surface area contributed by atoms with Crippen LogP contribution in [-0.2, 0) is 6.54 Å². The molecule has 2 N–H and O–H groups in total. The predicted molar refractivity (Wildman–Crippen MR) is 82.2 cm³/mol. The molecule has 2 aromatic heterocycles. The van der Waals surface area contributed by atoms with Gasteiger partial charge in [0.25, 0.3) is 0 Å². The summed E-state index contributed by atoms with van der Waals surface area (Å²) in [4.78, 5) is 28.3. The van der Waals surface area contributed by atoms with Crippen LogP contribution in [0.2, 0.25) is 5.02 Å². The molecule has 2 heterocycles. The first-order chi connectivity index (χ1) is 10.5. The van der Waals surface area contributed by atoms with E-state index in [1.807, 2.05) is 6.07 Å². The fraction of sp³-hybridized carbons (Fsp3) is 0.143. The highest BCUT2D eigenvalue weighted by atomic mass is 35.5. The van der Waals surface area contributed by atoms with Gasteiger partial charge in [-0.3, -0.25) is 4.98 Å². The highest BCUT2D eigenvalue weighted by Crippen LogP contribution is 2.18. The summed E-state index contributed by atoms with van der Waals surface area (Å²) >= 11 is 5.94. The van der Waals surface area contributed by atoms with E-state index in [2.05, 4.69) is 19.9 Å². The molecule has 8 heteroatoms. The third kappa shape index (κ3) is 2.84. The highest BCUT2D eigenvalue weighted by molar-refractivity contribution is 6.31. The van der Waals surface area contributed by atoms with E-state index in [1.165, 1.54) is 12.4 Å². The number of nitrogens with zero attached hydrogens (tertiary/aromatic N) is 4. The average Bonchev–Trinajstić information content (AvgIpc) is 2.88. The second kappa shape index (κ2) is 5.61. The van der Waals surface area contributed by atoms with E-state index in [1.54, 1.807) is 24.1 Å². The van der Waals surface area contributed by atoms with Gasteiger partial charge in [0.05, 0.1) is 30.0 Å². The zero-order valence-corrected chi connectivity index (χ0v) is 12.4. The number of hydrogen-bond donors (Lipinski definition) is 2. The smallest absolute Gasteiger partial charge is 0.356 e. The summed E-state index contributed by atoms with van der Waals surface area (Å²) < 4.78 is 0. The molecule has 0 atom stereocenters. The van der Waals surface area contributed by atoms with Crippen molar-refractivity contribution in [1.82, 2.24) is 19.9 Å². The molecule has 22 heavy (non-hydrogen) atoms. The Balaban J connectivity index is 1.84. The number of aromatic amines is 1. The van der Waals surface area contributed by atoms with Crippen LogP contribution in [0.25, 0.3) is 11.0 Å². The molecule has 112 valence electrons. The fourth-order valence-corrected chi connectivity index (χ4v) is 2.23. The number of nitrogens with one attached hydrogen (secondary N) is 1. The molecular weight excluding hydrogens is 306 g/mol. The minimum atomic E-state index is -1.11. The van der Waals surface area contributed by atoms with E-state index in [0.717, 1.165) is 16.9 Å². The van der Waals surface area contributed by atoms with Crippen LogP contribution in [-0.4, -0.2) is 38.1 Å². The van der Waals surface area contributed by atoms with Gasteiger partial charge in [-0.1, -0.05) is 11.6 Å². The number of imidazole rings is 1. The van der Waals surface area contributed by atoms with Gasteiger partial charge in [0.2, 0.25) is 0 Å². The van der Waals surface area contributed by atoms with Gasteiger partial charge in [-0.25, -0.2) is 14.8 Å². The van der Waals surface area contributed by atoms with Crippen LogP contribution in [0.1, 0.15) is 16.3 Å². The third-order valence-corrected chi connectivity index (χ3v) is 3.35. The van der Waals surface area contributed by atoms with Crippen LogP contribution < -0.4 is 4.90 Å². The Bertz CT molecular complexity index is 848. The molecular formula is C14H12ClN5O2. The Kier molecular flexibility index (Phi) is 3.64. The van der Waals surface area contributed by atoms with Crippen molar-refractivity contribution in [3.05, 3.63) is 47.1 Å². The molecule has 0 spiro atoms. The maximum atomic E-state index is 10.9. The summed E-state index contributed by atoms with van der Waals surface area (Å²) in [6.45, 7) is 0.435. The van der Waals surface area contributed by atoms with Crippen molar-refractivity contribution >= 4 is 34.4 Å². The van der Waals surface area contributed by atoms with Gasteiger partial charge in [0, 0.05) is 12.1 Å². The topological polar surface area (TPSA) is 95.0 Å². The largest absolute Gasteiger partial charge is 0.476 e. The van der Waals surface area contributed by atoms with E-state index in [9.17, 15) is 4.79 Å². The lowest BCUT2D eigenvalue weighted by molar-refractivity contribution is 0.0690. The molecule has 1 aromatic carbocycles. The first-order valence-corrected chi connectivity index (χ1v) is 6.81. The molecule has 3 rings (SSSR count). The molecule has 0 bridgehead atoms. The minimum absolute atomic E-state index is 0.0965. The van der Waals surface area contributed by atoms with E-state index in [0.29, 0.717) is 17.4 Å². The van der Waals surface area contributed by atoms with Crippen molar-refractivity contribution in [2.24, 2.45) is 0 Å². The van der Waals surface area contributed by atoms with Crippen molar-refractivity contribution in [2.75, 3.05) is 11.9 Å². The Morgan fingerprint density at radius 1 is 1.36 bits per heavy atom. The van der Waals surface area contributed by atoms with Gasteiger partial charge in [0.15, 0.2) is 5.69 Å². The predicted octanol–water partition coefficient (Wildman–Crippen LogP) is 2.34. The van der Waals surface area contributed by atoms with E-state index in [-0.39, 0.29) is 5.69 Å². The molecule has 0 aliphatic carbocycles. The van der Waals surface area contributed by atoms with E-state index >= 15 is 0 Å². The Morgan fingerprint density at radius 3 is 2.95 bits per heavy atom. The van der Waals surface area contributed by atoms with Crippen LogP contribution in [0, 0.1) is 0 Å². The monoisotopic (exact) mass is 317 g/mol. The van der Waals surface area contributed by atoms with Crippen LogP contribution in [0.5, 0.6) is 0 Å². The summed E-state index contributed by atoms with van der Waals surface area (Å²) in [5, 5.41) is 9.59. The van der Waals surface area contributed by atoms with Crippen molar-refractivity contribution in [2.45, 2.75) is 6.54 Å². The molecule has 0 amide bonds. The van der Waals surface area contributed by atoms with Gasteiger partial charge < -0.3 is 15.0 Å². The summed E-state index contributed by atoms with van der Waals surface area (Å²) in [5.74, 6) is 0.0711. The summed E-state index contributed by atoms with van der Waals surface area (Å²) in [7, 11) is 1.79. The summed E-state index contributed by atoms with van der Waals surface area (Å²) in [5.41, 5.74) is 1.57. The lowest BCUT2D eigenvalue weighted by Crippen LogP contribution is -2.19. The number of carbonyl (C=O) groups is 1. The number of carboxylic acid groups (broad SMARTS) is 1. The molecule has 0 saturated carbocycles. The molecule has 3 aromatic rings. The second-order valence-corrected chi connectivity index (χ2v) is 5.21. The quantitative estimate of drug-likeness (QED) is 0.767. The Morgan fingerprint density at radius 2 is 2.18 bits per heavy atom. The van der Waals surface area contributed by atoms with Crippen LogP contribution in [0.3, 0.4) is 0 Å². The maximum Gasteiger partial charge on any atom is 0.356 e. The van der Waals surface area contributed by atoms with Crippen LogP contribution in [0.15, 0.2) is 30.6 Å². The lowest BCUT2D eigenvalue weighted by Gasteiger charge is -2.16. The average molecular weight is 318 g/mol. The molecule has 0 aliphatic heterocycles. The zero-order chi connectivity index (χ0) is 15.7. The maximum absolute atomic E-state index is 10.9. The number of H-pyrrole nitrogens is 1. The lowest BCUT2D eigenvalue weighted by atomic mass is 10.3. The number of aromatic carboxylic acids is 1. The summed E-state index contributed by atoms with van der Waals surface area (Å²) in [6.07, 6.45) is 2.72. The van der Waals surface area contributed by atoms with Gasteiger partial charge in [0.1, 0.15) is 11.6 Å². The SMILES string of the molecule is CN(Cc1nc2ccc(Cl)cc2[nH]1)c1cncc(C(=O)O)n1. The second-order valence-electron chi connectivity index (χ2n) is 4.77. The van der Waals surface area contributed by atoms with Gasteiger partial charge in [-0.15, -0.1) is 0 Å². The first kappa shape index (κ1) is 14.3. The molecule has 7 nitrogen and oxygen atoms in total. The number of fused-ring (bicyclic) bond motifs is 1. The van der Waals surface area contributed by atoms with Crippen molar-refractivity contribution < 1.29 is 9.90 Å². The number of halogens is 1. The number of rotatable bonds is 4. The number of aromatic nitrogens is 4. The Labute approximate surface area is 130 Å². The highest BCUT2D eigenvalue weighted by Gasteiger charge is 2.11. The molecule has 0 saturated heterocycles. The number of anilines is 1. The van der Waals surface area contributed by atoms with Crippen LogP contribution in [0.4, 0.5) is 5.82 Å².